The lowest BCUT2D eigenvalue weighted by atomic mass is 10.0. The number of ether oxygens (including phenoxy) is 1. The molecule has 112 valence electrons. The van der Waals surface area contributed by atoms with Gasteiger partial charge in [0.15, 0.2) is 0 Å². The first-order valence-electron chi connectivity index (χ1n) is 7.37. The monoisotopic (exact) mass is 284 g/mol. The summed E-state index contributed by atoms with van der Waals surface area (Å²) in [5, 5.41) is 0. The number of likely N-dealkylation sites (N-methyl/N-ethyl adjacent to an activating group) is 1. The normalized spacial score (nSPS) is 12.0. The molecule has 0 aromatic heterocycles. The molecule has 3 nitrogen and oxygen atoms in total. The topological polar surface area (TPSA) is 38.5 Å². The van der Waals surface area contributed by atoms with Crippen LogP contribution < -0.4 is 15.4 Å². The van der Waals surface area contributed by atoms with Crippen LogP contribution in [0.25, 0.3) is 0 Å². The van der Waals surface area contributed by atoms with E-state index in [0.717, 1.165) is 17.9 Å². The highest BCUT2D eigenvalue weighted by Gasteiger charge is 2.21. The predicted molar refractivity (Wildman–Crippen MR) is 89.0 cm³/mol. The Morgan fingerprint density at radius 1 is 1.10 bits per heavy atom. The van der Waals surface area contributed by atoms with Crippen LogP contribution in [0.3, 0.4) is 0 Å². The Balaban J connectivity index is 2.39. The summed E-state index contributed by atoms with van der Waals surface area (Å²) in [5.41, 5.74) is 9.65. The van der Waals surface area contributed by atoms with Crippen molar-refractivity contribution in [3.05, 3.63) is 59.7 Å². The number of nitrogens with two attached hydrogens (primary N) is 1. The number of benzene rings is 2. The average Bonchev–Trinajstić information content (AvgIpc) is 2.53. The van der Waals surface area contributed by atoms with E-state index in [9.17, 15) is 0 Å². The smallest absolute Gasteiger partial charge is 0.124 e. The van der Waals surface area contributed by atoms with Gasteiger partial charge in [-0.05, 0) is 32.0 Å². The molecule has 0 saturated heterocycles. The first kappa shape index (κ1) is 15.4. The van der Waals surface area contributed by atoms with Crippen LogP contribution in [0, 0.1) is 6.92 Å². The minimum Gasteiger partial charge on any atom is -0.496 e. The Kier molecular flexibility index (Phi) is 5.23. The lowest BCUT2D eigenvalue weighted by Gasteiger charge is -2.33. The van der Waals surface area contributed by atoms with Gasteiger partial charge in [-0.3, -0.25) is 0 Å². The van der Waals surface area contributed by atoms with Gasteiger partial charge in [-0.1, -0.05) is 35.9 Å². The molecule has 2 rings (SSSR count). The zero-order valence-electron chi connectivity index (χ0n) is 13.0. The highest BCUT2D eigenvalue weighted by atomic mass is 16.5. The molecule has 1 atom stereocenters. The summed E-state index contributed by atoms with van der Waals surface area (Å²) in [5.74, 6) is 0.888. The van der Waals surface area contributed by atoms with Gasteiger partial charge in [0.25, 0.3) is 0 Å². The quantitative estimate of drug-likeness (QED) is 0.882. The van der Waals surface area contributed by atoms with Crippen molar-refractivity contribution in [1.82, 2.24) is 0 Å². The van der Waals surface area contributed by atoms with Crippen LogP contribution in [0.15, 0.2) is 48.5 Å². The molecule has 0 spiro atoms. The van der Waals surface area contributed by atoms with E-state index in [1.54, 1.807) is 7.11 Å². The summed E-state index contributed by atoms with van der Waals surface area (Å²) >= 11 is 0. The fraction of sp³-hybridized carbons (Fsp3) is 0.333. The summed E-state index contributed by atoms with van der Waals surface area (Å²) in [6.07, 6.45) is 0. The molecule has 0 bridgehead atoms. The van der Waals surface area contributed by atoms with Gasteiger partial charge in [-0.15, -0.1) is 0 Å². The van der Waals surface area contributed by atoms with Crippen molar-refractivity contribution in [2.75, 3.05) is 25.1 Å². The van der Waals surface area contributed by atoms with E-state index < -0.39 is 0 Å². The van der Waals surface area contributed by atoms with Gasteiger partial charge in [-0.2, -0.15) is 0 Å². The molecule has 2 aromatic rings. The lowest BCUT2D eigenvalue weighted by molar-refractivity contribution is 0.404. The molecule has 0 fully saturated rings. The molecular formula is C18H24N2O. The Hall–Kier alpha value is -2.00. The third-order valence-electron chi connectivity index (χ3n) is 3.80. The van der Waals surface area contributed by atoms with Crippen molar-refractivity contribution in [1.29, 1.82) is 0 Å². The number of nitrogens with zero attached hydrogens (tertiary/aromatic N) is 1. The molecule has 3 heteroatoms. The summed E-state index contributed by atoms with van der Waals surface area (Å²) in [7, 11) is 1.70. The van der Waals surface area contributed by atoms with E-state index in [2.05, 4.69) is 49.1 Å². The summed E-state index contributed by atoms with van der Waals surface area (Å²) in [4.78, 5) is 2.32. The second-order valence-corrected chi connectivity index (χ2v) is 5.12. The van der Waals surface area contributed by atoms with Crippen molar-refractivity contribution in [3.63, 3.8) is 0 Å². The fourth-order valence-corrected chi connectivity index (χ4v) is 2.68. The zero-order chi connectivity index (χ0) is 15.2. The summed E-state index contributed by atoms with van der Waals surface area (Å²) in [6, 6.07) is 16.8. The standard InChI is InChI=1S/C18H24N2O/c1-4-20(15-11-9-14(2)10-12-15)17(13-19)16-7-5-6-8-18(16)21-3/h5-12,17H,4,13,19H2,1-3H3. The van der Waals surface area contributed by atoms with Crippen molar-refractivity contribution in [3.8, 4) is 5.75 Å². The van der Waals surface area contributed by atoms with E-state index in [0.29, 0.717) is 6.54 Å². The molecule has 0 amide bonds. The van der Waals surface area contributed by atoms with Gasteiger partial charge >= 0.3 is 0 Å². The van der Waals surface area contributed by atoms with Crippen LogP contribution in [0.5, 0.6) is 5.75 Å². The summed E-state index contributed by atoms with van der Waals surface area (Å²) < 4.78 is 5.50. The number of aryl methyl sites for hydroxylation is 1. The number of methoxy groups -OCH3 is 1. The van der Waals surface area contributed by atoms with Gasteiger partial charge in [0.2, 0.25) is 0 Å². The fourth-order valence-electron chi connectivity index (χ4n) is 2.68. The molecule has 2 aromatic carbocycles. The maximum Gasteiger partial charge on any atom is 0.124 e. The highest BCUT2D eigenvalue weighted by molar-refractivity contribution is 5.51. The molecule has 21 heavy (non-hydrogen) atoms. The number of anilines is 1. The van der Waals surface area contributed by atoms with Crippen LogP contribution in [-0.2, 0) is 0 Å². The van der Waals surface area contributed by atoms with Crippen molar-refractivity contribution >= 4 is 5.69 Å². The van der Waals surface area contributed by atoms with Crippen LogP contribution in [0.2, 0.25) is 0 Å². The Labute approximate surface area is 127 Å². The van der Waals surface area contributed by atoms with E-state index in [-0.39, 0.29) is 6.04 Å². The minimum atomic E-state index is 0.105. The van der Waals surface area contributed by atoms with Gasteiger partial charge in [-0.25, -0.2) is 0 Å². The predicted octanol–water partition coefficient (Wildman–Crippen LogP) is 3.53. The van der Waals surface area contributed by atoms with Crippen molar-refractivity contribution in [2.24, 2.45) is 5.73 Å². The second-order valence-electron chi connectivity index (χ2n) is 5.12. The Morgan fingerprint density at radius 3 is 2.33 bits per heavy atom. The molecule has 2 N–H and O–H groups in total. The van der Waals surface area contributed by atoms with E-state index >= 15 is 0 Å². The Bertz CT molecular complexity index is 566. The van der Waals surface area contributed by atoms with E-state index in [1.165, 1.54) is 11.3 Å². The molecule has 0 aliphatic carbocycles. The third kappa shape index (κ3) is 3.37. The number of para-hydroxylation sites is 1. The highest BCUT2D eigenvalue weighted by Crippen LogP contribution is 2.32. The largest absolute Gasteiger partial charge is 0.496 e. The number of hydrogen-bond donors (Lipinski definition) is 1. The molecular weight excluding hydrogens is 260 g/mol. The molecule has 1 unspecified atom stereocenters. The maximum absolute atomic E-state index is 6.07. The SMILES string of the molecule is CCN(c1ccc(C)cc1)C(CN)c1ccccc1OC. The minimum absolute atomic E-state index is 0.105. The molecule has 0 saturated carbocycles. The maximum atomic E-state index is 6.07. The second kappa shape index (κ2) is 7.14. The van der Waals surface area contributed by atoms with E-state index in [4.69, 9.17) is 10.5 Å². The van der Waals surface area contributed by atoms with Crippen molar-refractivity contribution in [2.45, 2.75) is 19.9 Å². The van der Waals surface area contributed by atoms with E-state index in [1.807, 2.05) is 18.2 Å². The lowest BCUT2D eigenvalue weighted by Crippen LogP contribution is -2.34. The van der Waals surface area contributed by atoms with Gasteiger partial charge < -0.3 is 15.4 Å². The first-order chi connectivity index (χ1) is 10.2. The number of rotatable bonds is 6. The summed E-state index contributed by atoms with van der Waals surface area (Å²) in [6.45, 7) is 5.68. The molecule has 0 heterocycles. The molecule has 0 aliphatic heterocycles. The molecule has 0 radical (unpaired) electrons. The van der Waals surface area contributed by atoms with Gasteiger partial charge in [0.1, 0.15) is 5.75 Å². The third-order valence-corrected chi connectivity index (χ3v) is 3.80. The van der Waals surface area contributed by atoms with Crippen LogP contribution in [0.4, 0.5) is 5.69 Å². The average molecular weight is 284 g/mol. The first-order valence-corrected chi connectivity index (χ1v) is 7.37. The van der Waals surface area contributed by atoms with Crippen molar-refractivity contribution < 1.29 is 4.74 Å². The van der Waals surface area contributed by atoms with Crippen LogP contribution >= 0.6 is 0 Å². The van der Waals surface area contributed by atoms with Gasteiger partial charge in [0.05, 0.1) is 13.2 Å². The molecule has 0 aliphatic rings. The van der Waals surface area contributed by atoms with Gasteiger partial charge in [0, 0.05) is 24.3 Å². The zero-order valence-corrected chi connectivity index (χ0v) is 13.0. The van der Waals surface area contributed by atoms with Crippen LogP contribution in [-0.4, -0.2) is 20.2 Å². The Morgan fingerprint density at radius 2 is 1.76 bits per heavy atom. The van der Waals surface area contributed by atoms with Crippen LogP contribution in [0.1, 0.15) is 24.1 Å². The number of hydrogen-bond acceptors (Lipinski definition) is 3.